The molecule has 0 saturated heterocycles. The molecule has 0 unspecified atom stereocenters. The zero-order valence-corrected chi connectivity index (χ0v) is 15.6. The summed E-state index contributed by atoms with van der Waals surface area (Å²) in [5.74, 6) is -0.522. The summed E-state index contributed by atoms with van der Waals surface area (Å²) in [5.41, 5.74) is 0.862. The molecule has 2 aromatic carbocycles. The van der Waals surface area contributed by atoms with Crippen LogP contribution < -0.4 is 10.9 Å². The fraction of sp³-hybridized carbons (Fsp3) is 0.0526. The zero-order chi connectivity index (χ0) is 18.7. The maximum Gasteiger partial charge on any atom is 0.263 e. The van der Waals surface area contributed by atoms with E-state index in [0.717, 1.165) is 5.56 Å². The van der Waals surface area contributed by atoms with Crippen molar-refractivity contribution < 1.29 is 4.79 Å². The van der Waals surface area contributed by atoms with Crippen LogP contribution in [0.2, 0.25) is 15.1 Å². The molecule has 1 amide bonds. The predicted molar refractivity (Wildman–Crippen MR) is 106 cm³/mol. The Morgan fingerprint density at radius 3 is 2.38 bits per heavy atom. The van der Waals surface area contributed by atoms with Gasteiger partial charge in [0.05, 0.1) is 21.6 Å². The van der Waals surface area contributed by atoms with E-state index in [1.165, 1.54) is 16.8 Å². The van der Waals surface area contributed by atoms with Crippen molar-refractivity contribution in [3.63, 3.8) is 0 Å². The van der Waals surface area contributed by atoms with E-state index < -0.39 is 11.5 Å². The number of para-hydroxylation sites is 1. The number of halogens is 3. The summed E-state index contributed by atoms with van der Waals surface area (Å²) in [6.45, 7) is 0.210. The number of rotatable bonds is 4. The van der Waals surface area contributed by atoms with E-state index in [4.69, 9.17) is 34.8 Å². The van der Waals surface area contributed by atoms with Crippen LogP contribution in [0.15, 0.2) is 65.6 Å². The molecule has 7 heteroatoms. The molecule has 1 heterocycles. The lowest BCUT2D eigenvalue weighted by molar-refractivity contribution is 0.102. The third-order valence-electron chi connectivity index (χ3n) is 3.67. The molecule has 0 aliphatic carbocycles. The third kappa shape index (κ3) is 4.28. The summed E-state index contributed by atoms with van der Waals surface area (Å²) in [5, 5.41) is 3.78. The second-order valence-electron chi connectivity index (χ2n) is 5.57. The Hall–Kier alpha value is -2.27. The number of hydrogen-bond acceptors (Lipinski definition) is 2. The van der Waals surface area contributed by atoms with Crippen molar-refractivity contribution in [3.8, 4) is 0 Å². The molecule has 1 N–H and O–H groups in total. The van der Waals surface area contributed by atoms with Gasteiger partial charge in [0.25, 0.3) is 11.5 Å². The minimum absolute atomic E-state index is 0.0404. The molecule has 0 bridgehead atoms. The largest absolute Gasteiger partial charge is 0.322 e. The van der Waals surface area contributed by atoms with Crippen molar-refractivity contribution in [1.29, 1.82) is 0 Å². The molecule has 3 aromatic rings. The molecule has 0 spiro atoms. The Balaban J connectivity index is 1.92. The Bertz CT molecular complexity index is 1020. The summed E-state index contributed by atoms with van der Waals surface area (Å²) < 4.78 is 1.36. The lowest BCUT2D eigenvalue weighted by atomic mass is 10.2. The van der Waals surface area contributed by atoms with Crippen LogP contribution in [0.5, 0.6) is 0 Å². The van der Waals surface area contributed by atoms with E-state index in [2.05, 4.69) is 5.32 Å². The highest BCUT2D eigenvalue weighted by molar-refractivity contribution is 6.42. The summed E-state index contributed by atoms with van der Waals surface area (Å²) >= 11 is 18.0. The van der Waals surface area contributed by atoms with Gasteiger partial charge in [0, 0.05) is 11.9 Å². The molecule has 0 aliphatic heterocycles. The van der Waals surface area contributed by atoms with Gasteiger partial charge in [-0.1, -0.05) is 59.1 Å². The van der Waals surface area contributed by atoms with Gasteiger partial charge < -0.3 is 9.88 Å². The number of nitrogens with zero attached hydrogens (tertiary/aromatic N) is 1. The van der Waals surface area contributed by atoms with Gasteiger partial charge in [0.15, 0.2) is 0 Å². The van der Waals surface area contributed by atoms with E-state index in [9.17, 15) is 9.59 Å². The number of nitrogens with one attached hydrogen (secondary N) is 1. The second-order valence-corrected chi connectivity index (χ2v) is 6.82. The number of anilines is 1. The molecular formula is C19H13Cl3N2O2. The van der Waals surface area contributed by atoms with E-state index >= 15 is 0 Å². The lowest BCUT2D eigenvalue weighted by Crippen LogP contribution is -2.29. The van der Waals surface area contributed by atoms with Crippen LogP contribution in [0.1, 0.15) is 15.9 Å². The van der Waals surface area contributed by atoms with E-state index in [1.54, 1.807) is 42.5 Å². The van der Waals surface area contributed by atoms with Gasteiger partial charge in [0.1, 0.15) is 5.56 Å². The van der Waals surface area contributed by atoms with Gasteiger partial charge >= 0.3 is 0 Å². The van der Waals surface area contributed by atoms with Crippen molar-refractivity contribution in [1.82, 2.24) is 4.57 Å². The monoisotopic (exact) mass is 406 g/mol. The number of amides is 1. The van der Waals surface area contributed by atoms with Gasteiger partial charge in [-0.2, -0.15) is 0 Å². The molecule has 4 nitrogen and oxygen atoms in total. The average molecular weight is 408 g/mol. The Kier molecular flexibility index (Phi) is 5.67. The van der Waals surface area contributed by atoms with Crippen molar-refractivity contribution >= 4 is 46.4 Å². The van der Waals surface area contributed by atoms with Gasteiger partial charge in [0.2, 0.25) is 0 Å². The number of carbonyl (C=O) groups excluding carboxylic acids is 1. The number of aromatic nitrogens is 1. The third-order valence-corrected chi connectivity index (χ3v) is 4.61. The summed E-state index contributed by atoms with van der Waals surface area (Å²) in [6, 6.07) is 15.3. The topological polar surface area (TPSA) is 51.1 Å². The first-order valence-corrected chi connectivity index (χ1v) is 8.78. The van der Waals surface area contributed by atoms with Crippen LogP contribution in [-0.2, 0) is 6.54 Å². The molecule has 3 rings (SSSR count). The van der Waals surface area contributed by atoms with E-state index in [0.29, 0.717) is 15.7 Å². The molecule has 0 atom stereocenters. The quantitative estimate of drug-likeness (QED) is 0.653. The van der Waals surface area contributed by atoms with Crippen LogP contribution in [0.4, 0.5) is 5.69 Å². The normalized spacial score (nSPS) is 10.6. The zero-order valence-electron chi connectivity index (χ0n) is 13.4. The maximum atomic E-state index is 12.7. The first kappa shape index (κ1) is 18.5. The van der Waals surface area contributed by atoms with E-state index in [1.807, 2.05) is 6.07 Å². The van der Waals surface area contributed by atoms with E-state index in [-0.39, 0.29) is 17.1 Å². The molecule has 1 aromatic heterocycles. The highest BCUT2D eigenvalue weighted by Gasteiger charge is 2.15. The smallest absolute Gasteiger partial charge is 0.263 e. The molecule has 0 saturated carbocycles. The van der Waals surface area contributed by atoms with Gasteiger partial charge in [-0.15, -0.1) is 0 Å². The summed E-state index contributed by atoms with van der Waals surface area (Å²) in [4.78, 5) is 25.2. The predicted octanol–water partition coefficient (Wildman–Crippen LogP) is 5.11. The number of carbonyl (C=O) groups is 1. The minimum atomic E-state index is -0.522. The molecule has 0 aliphatic rings. The highest BCUT2D eigenvalue weighted by Crippen LogP contribution is 2.23. The second kappa shape index (κ2) is 7.96. The van der Waals surface area contributed by atoms with Gasteiger partial charge in [-0.05, 0) is 35.9 Å². The van der Waals surface area contributed by atoms with Crippen molar-refractivity contribution in [2.24, 2.45) is 0 Å². The average Bonchev–Trinajstić information content (AvgIpc) is 2.61. The van der Waals surface area contributed by atoms with Crippen molar-refractivity contribution in [2.45, 2.75) is 6.54 Å². The molecular weight excluding hydrogens is 395 g/mol. The fourth-order valence-corrected chi connectivity index (χ4v) is 2.98. The highest BCUT2D eigenvalue weighted by atomic mass is 35.5. The van der Waals surface area contributed by atoms with Crippen LogP contribution >= 0.6 is 34.8 Å². The Morgan fingerprint density at radius 1 is 0.962 bits per heavy atom. The maximum absolute atomic E-state index is 12.7. The lowest BCUT2D eigenvalue weighted by Gasteiger charge is -2.11. The van der Waals surface area contributed by atoms with Crippen LogP contribution in [0.25, 0.3) is 0 Å². The molecule has 132 valence electrons. The summed E-state index contributed by atoms with van der Waals surface area (Å²) in [7, 11) is 0. The van der Waals surface area contributed by atoms with Crippen molar-refractivity contribution in [3.05, 3.63) is 97.3 Å². The molecule has 0 fully saturated rings. The first-order valence-electron chi connectivity index (χ1n) is 7.64. The van der Waals surface area contributed by atoms with Crippen molar-refractivity contribution in [2.75, 3.05) is 5.32 Å². The van der Waals surface area contributed by atoms with Crippen LogP contribution in [0.3, 0.4) is 0 Å². The summed E-state index contributed by atoms with van der Waals surface area (Å²) in [6.07, 6.45) is 1.48. The standard InChI is InChI=1S/C19H13Cl3N2O2/c20-13-9-15(18(25)23-14-4-2-1-3-5-14)19(26)24(11-13)10-12-6-7-16(21)17(22)8-12/h1-9,11H,10H2,(H,23,25). The van der Waals surface area contributed by atoms with Gasteiger partial charge in [-0.25, -0.2) is 0 Å². The van der Waals surface area contributed by atoms with Gasteiger partial charge in [-0.3, -0.25) is 9.59 Å². The number of pyridine rings is 1. The number of hydrogen-bond donors (Lipinski definition) is 1. The SMILES string of the molecule is O=C(Nc1ccccc1)c1cc(Cl)cn(Cc2ccc(Cl)c(Cl)c2)c1=O. The molecule has 0 radical (unpaired) electrons. The van der Waals surface area contributed by atoms with Crippen LogP contribution in [-0.4, -0.2) is 10.5 Å². The fourth-order valence-electron chi connectivity index (χ4n) is 2.43. The first-order chi connectivity index (χ1) is 12.4. The Labute approximate surface area is 164 Å². The Morgan fingerprint density at radius 2 is 1.69 bits per heavy atom. The minimum Gasteiger partial charge on any atom is -0.322 e. The molecule has 26 heavy (non-hydrogen) atoms. The van der Waals surface area contributed by atoms with Crippen LogP contribution in [0, 0.1) is 0 Å². The number of benzene rings is 2.